The van der Waals surface area contributed by atoms with E-state index in [4.69, 9.17) is 26.6 Å². The first-order chi connectivity index (χ1) is 8.07. The lowest BCUT2D eigenvalue weighted by Gasteiger charge is -2.24. The molecule has 0 atom stereocenters. The van der Waals surface area contributed by atoms with Gasteiger partial charge in [-0.25, -0.2) is 0 Å². The van der Waals surface area contributed by atoms with Crippen molar-refractivity contribution in [1.82, 2.24) is 0 Å². The van der Waals surface area contributed by atoms with Crippen LogP contribution in [-0.2, 0) is 26.6 Å². The summed E-state index contributed by atoms with van der Waals surface area (Å²) in [6, 6.07) is 0.529. The lowest BCUT2D eigenvalue weighted by molar-refractivity contribution is 0.127. The monoisotopic (exact) mass is 282 g/mol. The van der Waals surface area contributed by atoms with Crippen LogP contribution < -0.4 is 0 Å². The average Bonchev–Trinajstić information content (AvgIpc) is 2.41. The molecule has 0 N–H and O–H groups in total. The van der Waals surface area contributed by atoms with Crippen LogP contribution in [0.25, 0.3) is 0 Å². The lowest BCUT2D eigenvalue weighted by atomic mass is 10.8. The second-order valence-electron chi connectivity index (χ2n) is 3.12. The van der Waals surface area contributed by atoms with Crippen molar-refractivity contribution >= 4 is 17.6 Å². The molecule has 0 saturated heterocycles. The van der Waals surface area contributed by atoms with Gasteiger partial charge in [0, 0.05) is 48.7 Å². The highest BCUT2D eigenvalue weighted by Gasteiger charge is 2.38. The van der Waals surface area contributed by atoms with Crippen molar-refractivity contribution < 1.29 is 26.6 Å². The van der Waals surface area contributed by atoms with Crippen molar-refractivity contribution in [1.29, 1.82) is 0 Å². The maximum atomic E-state index is 5.29. The smallest absolute Gasteiger partial charge is 0.377 e. The second-order valence-corrected chi connectivity index (χ2v) is 8.88. The Kier molecular flexibility index (Phi) is 8.08. The molecule has 0 aliphatic rings. The van der Waals surface area contributed by atoms with Crippen LogP contribution in [0.5, 0.6) is 0 Å². The van der Waals surface area contributed by atoms with Crippen LogP contribution in [0.2, 0.25) is 6.04 Å². The summed E-state index contributed by atoms with van der Waals surface area (Å²) < 4.78 is 31.6. The molecule has 0 saturated carbocycles. The summed E-state index contributed by atoms with van der Waals surface area (Å²) in [6.07, 6.45) is 1.85. The van der Waals surface area contributed by atoms with Crippen LogP contribution in [0.3, 0.4) is 0 Å². The van der Waals surface area contributed by atoms with Crippen molar-refractivity contribution in [3.8, 4) is 0 Å². The zero-order valence-corrected chi connectivity index (χ0v) is 13.3. The normalized spacial score (nSPS) is 13.5. The second kappa shape index (κ2) is 8.11. The van der Waals surface area contributed by atoms with E-state index in [1.807, 2.05) is 6.08 Å². The highest BCUT2D eigenvalue weighted by atomic mass is 28.4. The number of hydrogen-bond acceptors (Lipinski definition) is 6. The number of allylic oxidation sites excluding steroid dienone is 1. The third kappa shape index (κ3) is 4.60. The van der Waals surface area contributed by atoms with Gasteiger partial charge < -0.3 is 26.6 Å². The van der Waals surface area contributed by atoms with Gasteiger partial charge in [-0.05, 0) is 5.70 Å². The van der Waals surface area contributed by atoms with Crippen LogP contribution in [0.15, 0.2) is 11.8 Å². The maximum absolute atomic E-state index is 5.29. The number of hydrogen-bond donors (Lipinski definition) is 0. The molecule has 0 aromatic heterocycles. The molecule has 0 aromatic rings. The van der Waals surface area contributed by atoms with E-state index >= 15 is 0 Å². The summed E-state index contributed by atoms with van der Waals surface area (Å²) in [4.78, 5) is 0. The third-order valence-electron chi connectivity index (χ3n) is 2.48. The van der Waals surface area contributed by atoms with E-state index in [9.17, 15) is 0 Å². The van der Waals surface area contributed by atoms with Crippen molar-refractivity contribution in [2.75, 3.05) is 42.7 Å². The molecule has 102 valence electrons. The van der Waals surface area contributed by atoms with E-state index < -0.39 is 17.6 Å². The molecule has 0 aromatic carbocycles. The molecule has 0 rings (SSSR count). The van der Waals surface area contributed by atoms with Crippen LogP contribution in [0.1, 0.15) is 0 Å². The van der Waals surface area contributed by atoms with Gasteiger partial charge in [0.1, 0.15) is 0 Å². The fourth-order valence-corrected chi connectivity index (χ4v) is 4.26. The molecule has 0 radical (unpaired) electrons. The van der Waals surface area contributed by atoms with Crippen LogP contribution in [0, 0.1) is 0 Å². The summed E-state index contributed by atoms with van der Waals surface area (Å²) in [5, 5.41) is 0. The first-order valence-corrected chi connectivity index (χ1v) is 8.79. The molecule has 0 spiro atoms. The zero-order chi connectivity index (χ0) is 13.4. The van der Waals surface area contributed by atoms with E-state index in [1.165, 1.54) is 0 Å². The summed E-state index contributed by atoms with van der Waals surface area (Å²) in [5.41, 5.74) is 1.78. The molecule has 0 aliphatic carbocycles. The van der Waals surface area contributed by atoms with Gasteiger partial charge >= 0.3 is 17.6 Å². The van der Waals surface area contributed by atoms with Gasteiger partial charge in [-0.2, -0.15) is 0 Å². The molecule has 6 nitrogen and oxygen atoms in total. The SMILES string of the molecule is CO[Si](/C=C/C[Si](OC)(OC)OC)(OC)OC. The molecule has 0 bridgehead atoms. The Hall–Kier alpha value is -0.0662. The zero-order valence-electron chi connectivity index (χ0n) is 11.3. The van der Waals surface area contributed by atoms with E-state index in [-0.39, 0.29) is 0 Å². The van der Waals surface area contributed by atoms with Gasteiger partial charge in [0.05, 0.1) is 0 Å². The molecule has 0 amide bonds. The number of rotatable bonds is 9. The minimum absolute atomic E-state index is 0.529. The Balaban J connectivity index is 4.61. The predicted molar refractivity (Wildman–Crippen MR) is 67.5 cm³/mol. The van der Waals surface area contributed by atoms with Crippen molar-refractivity contribution in [2.24, 2.45) is 0 Å². The van der Waals surface area contributed by atoms with Crippen molar-refractivity contribution in [2.45, 2.75) is 6.04 Å². The highest BCUT2D eigenvalue weighted by Crippen LogP contribution is 2.15. The topological polar surface area (TPSA) is 55.4 Å². The minimum atomic E-state index is -2.68. The molecule has 0 aliphatic heterocycles. The molecule has 17 heavy (non-hydrogen) atoms. The Morgan fingerprint density at radius 2 is 1.12 bits per heavy atom. The van der Waals surface area contributed by atoms with Gasteiger partial charge in [0.25, 0.3) is 0 Å². The van der Waals surface area contributed by atoms with Crippen LogP contribution >= 0.6 is 0 Å². The molecular formula is C9H22O6Si2. The summed E-state index contributed by atoms with van der Waals surface area (Å²) in [7, 11) is 4.10. The Morgan fingerprint density at radius 3 is 1.41 bits per heavy atom. The van der Waals surface area contributed by atoms with Crippen molar-refractivity contribution in [3.05, 3.63) is 11.8 Å². The van der Waals surface area contributed by atoms with E-state index in [1.54, 1.807) is 48.4 Å². The molecular weight excluding hydrogens is 260 g/mol. The van der Waals surface area contributed by atoms with Crippen LogP contribution in [-0.4, -0.2) is 60.3 Å². The van der Waals surface area contributed by atoms with Gasteiger partial charge in [-0.1, -0.05) is 6.08 Å². The van der Waals surface area contributed by atoms with E-state index in [0.29, 0.717) is 6.04 Å². The molecule has 0 heterocycles. The van der Waals surface area contributed by atoms with Gasteiger partial charge in [-0.3, -0.25) is 0 Å². The van der Waals surface area contributed by atoms with Gasteiger partial charge in [0.15, 0.2) is 0 Å². The predicted octanol–water partition coefficient (Wildman–Crippen LogP) is 0.838. The largest absolute Gasteiger partial charge is 0.528 e. The van der Waals surface area contributed by atoms with Crippen molar-refractivity contribution in [3.63, 3.8) is 0 Å². The quantitative estimate of drug-likeness (QED) is 0.584. The Labute approximate surface area is 105 Å². The van der Waals surface area contributed by atoms with Gasteiger partial charge in [-0.15, -0.1) is 0 Å². The Morgan fingerprint density at radius 1 is 0.706 bits per heavy atom. The first kappa shape index (κ1) is 16.9. The summed E-state index contributed by atoms with van der Waals surface area (Å²) in [5.74, 6) is 0. The van der Waals surface area contributed by atoms with Crippen LogP contribution in [0.4, 0.5) is 0 Å². The highest BCUT2D eigenvalue weighted by molar-refractivity contribution is 6.66. The maximum Gasteiger partial charge on any atom is 0.528 e. The van der Waals surface area contributed by atoms with E-state index in [0.717, 1.165) is 0 Å². The average molecular weight is 282 g/mol. The lowest BCUT2D eigenvalue weighted by Crippen LogP contribution is -2.43. The van der Waals surface area contributed by atoms with E-state index in [2.05, 4.69) is 0 Å². The van der Waals surface area contributed by atoms with Gasteiger partial charge in [0.2, 0.25) is 0 Å². The first-order valence-electron chi connectivity index (χ1n) is 5.06. The third-order valence-corrected chi connectivity index (χ3v) is 7.43. The molecule has 8 heteroatoms. The Bertz CT molecular complexity index is 211. The molecule has 0 fully saturated rings. The fourth-order valence-electron chi connectivity index (χ4n) is 1.30. The minimum Gasteiger partial charge on any atom is -0.377 e. The fraction of sp³-hybridized carbons (Fsp3) is 0.778. The summed E-state index contributed by atoms with van der Waals surface area (Å²) >= 11 is 0. The summed E-state index contributed by atoms with van der Waals surface area (Å²) in [6.45, 7) is 0. The standard InChI is InChI=1S/C9H22O6Si2/c1-10-16(11-2,12-3)8-7-9-17(13-4,14-5)15-6/h7-8H,9H2,1-6H3/b8-7+. The molecule has 0 unspecified atom stereocenters.